The topological polar surface area (TPSA) is 41.1 Å². The number of rotatable bonds is 6. The van der Waals surface area contributed by atoms with Crippen molar-refractivity contribution in [1.29, 1.82) is 0 Å². The van der Waals surface area contributed by atoms with E-state index in [9.17, 15) is 4.79 Å². The molecule has 0 aliphatic heterocycles. The molecule has 0 saturated carbocycles. The molecular formula is C14H20N2OS. The van der Waals surface area contributed by atoms with E-state index in [2.05, 4.69) is 17.2 Å². The first kappa shape index (κ1) is 14.6. The van der Waals surface area contributed by atoms with E-state index in [1.54, 1.807) is 11.8 Å². The van der Waals surface area contributed by atoms with Crippen molar-refractivity contribution < 1.29 is 4.79 Å². The van der Waals surface area contributed by atoms with Crippen molar-refractivity contribution in [3.8, 4) is 0 Å². The van der Waals surface area contributed by atoms with Crippen LogP contribution in [-0.4, -0.2) is 17.8 Å². The third-order valence-electron chi connectivity index (χ3n) is 2.48. The lowest BCUT2D eigenvalue weighted by atomic mass is 10.3. The van der Waals surface area contributed by atoms with Crippen molar-refractivity contribution in [2.24, 2.45) is 0 Å². The molecule has 0 bridgehead atoms. The number of anilines is 1. The van der Waals surface area contributed by atoms with Crippen molar-refractivity contribution >= 4 is 23.5 Å². The predicted octanol–water partition coefficient (Wildman–Crippen LogP) is 3.88. The zero-order valence-corrected chi connectivity index (χ0v) is 11.7. The standard InChI is InChI=1S/C14H20N2OS/c1-4-10-18-13-9-7-6-8-12(13)16-14(17)15-11(3)5-2/h4,6-9,11H,1,5,10H2,2-3H3,(H2,15,16,17)/t11-/m1/s1. The largest absolute Gasteiger partial charge is 0.335 e. The number of hydrogen-bond donors (Lipinski definition) is 2. The Labute approximate surface area is 113 Å². The fraction of sp³-hybridized carbons (Fsp3) is 0.357. The first-order valence-corrected chi connectivity index (χ1v) is 7.06. The van der Waals surface area contributed by atoms with E-state index >= 15 is 0 Å². The summed E-state index contributed by atoms with van der Waals surface area (Å²) in [6.45, 7) is 7.72. The summed E-state index contributed by atoms with van der Waals surface area (Å²) in [7, 11) is 0. The van der Waals surface area contributed by atoms with Crippen molar-refractivity contribution in [3.05, 3.63) is 36.9 Å². The van der Waals surface area contributed by atoms with Gasteiger partial charge in [0, 0.05) is 16.7 Å². The quantitative estimate of drug-likeness (QED) is 0.604. The Bertz CT molecular complexity index is 407. The van der Waals surface area contributed by atoms with E-state index in [-0.39, 0.29) is 12.1 Å². The molecule has 3 nitrogen and oxygen atoms in total. The predicted molar refractivity (Wildman–Crippen MR) is 79.3 cm³/mol. The van der Waals surface area contributed by atoms with Crippen LogP contribution in [0, 0.1) is 0 Å². The van der Waals surface area contributed by atoms with Crippen LogP contribution in [0.1, 0.15) is 20.3 Å². The Morgan fingerprint density at radius 1 is 1.50 bits per heavy atom. The van der Waals surface area contributed by atoms with Crippen LogP contribution in [-0.2, 0) is 0 Å². The van der Waals surface area contributed by atoms with E-state index in [0.29, 0.717) is 0 Å². The molecule has 18 heavy (non-hydrogen) atoms. The van der Waals surface area contributed by atoms with Gasteiger partial charge < -0.3 is 10.6 Å². The number of para-hydroxylation sites is 1. The van der Waals surface area contributed by atoms with Crippen LogP contribution in [0.3, 0.4) is 0 Å². The van der Waals surface area contributed by atoms with Crippen LogP contribution in [0.25, 0.3) is 0 Å². The number of hydrogen-bond acceptors (Lipinski definition) is 2. The summed E-state index contributed by atoms with van der Waals surface area (Å²) >= 11 is 1.65. The lowest BCUT2D eigenvalue weighted by molar-refractivity contribution is 0.249. The Morgan fingerprint density at radius 2 is 2.22 bits per heavy atom. The van der Waals surface area contributed by atoms with Crippen LogP contribution in [0.2, 0.25) is 0 Å². The minimum absolute atomic E-state index is 0.156. The summed E-state index contributed by atoms with van der Waals surface area (Å²) in [5.74, 6) is 0.825. The summed E-state index contributed by atoms with van der Waals surface area (Å²) in [6, 6.07) is 7.79. The monoisotopic (exact) mass is 264 g/mol. The molecule has 0 fully saturated rings. The second-order valence-corrected chi connectivity index (χ2v) is 5.07. The first-order chi connectivity index (χ1) is 8.67. The Kier molecular flexibility index (Phi) is 6.36. The molecule has 1 aromatic carbocycles. The number of benzene rings is 1. The SMILES string of the molecule is C=CCSc1ccccc1NC(=O)N[C@H](C)CC. The van der Waals surface area contributed by atoms with Crippen molar-refractivity contribution in [1.82, 2.24) is 5.32 Å². The van der Waals surface area contributed by atoms with Gasteiger partial charge in [0.15, 0.2) is 0 Å². The van der Waals surface area contributed by atoms with E-state index in [4.69, 9.17) is 0 Å². The average Bonchev–Trinajstić information content (AvgIpc) is 2.37. The maximum atomic E-state index is 11.8. The normalized spacial score (nSPS) is 11.7. The summed E-state index contributed by atoms with van der Waals surface area (Å²) in [5, 5.41) is 5.76. The van der Waals surface area contributed by atoms with Crippen LogP contribution in [0.5, 0.6) is 0 Å². The third-order valence-corrected chi connectivity index (χ3v) is 3.55. The average molecular weight is 264 g/mol. The molecule has 1 aromatic rings. The summed E-state index contributed by atoms with van der Waals surface area (Å²) < 4.78 is 0. The molecule has 1 rings (SSSR count). The van der Waals surface area contributed by atoms with Gasteiger partial charge in [0.1, 0.15) is 0 Å². The molecule has 4 heteroatoms. The molecule has 2 N–H and O–H groups in total. The van der Waals surface area contributed by atoms with Gasteiger partial charge >= 0.3 is 6.03 Å². The molecule has 98 valence electrons. The number of amides is 2. The van der Waals surface area contributed by atoms with E-state index in [1.807, 2.05) is 44.2 Å². The maximum absolute atomic E-state index is 11.8. The smallest absolute Gasteiger partial charge is 0.319 e. The van der Waals surface area contributed by atoms with E-state index in [0.717, 1.165) is 22.8 Å². The lowest BCUT2D eigenvalue weighted by Crippen LogP contribution is -2.35. The molecular weight excluding hydrogens is 244 g/mol. The molecule has 0 spiro atoms. The Hall–Kier alpha value is -1.42. The third kappa shape index (κ3) is 4.84. The highest BCUT2D eigenvalue weighted by Crippen LogP contribution is 2.26. The second-order valence-electron chi connectivity index (χ2n) is 4.00. The Morgan fingerprint density at radius 3 is 2.89 bits per heavy atom. The zero-order chi connectivity index (χ0) is 13.4. The Balaban J connectivity index is 2.65. The molecule has 0 radical (unpaired) electrons. The highest BCUT2D eigenvalue weighted by Gasteiger charge is 2.08. The highest BCUT2D eigenvalue weighted by atomic mass is 32.2. The van der Waals surface area contributed by atoms with Gasteiger partial charge in [-0.05, 0) is 25.5 Å². The van der Waals surface area contributed by atoms with Gasteiger partial charge in [0.05, 0.1) is 5.69 Å². The fourth-order valence-electron chi connectivity index (χ4n) is 1.33. The summed E-state index contributed by atoms with van der Waals surface area (Å²) in [5.41, 5.74) is 0.838. The number of nitrogens with one attached hydrogen (secondary N) is 2. The van der Waals surface area contributed by atoms with E-state index in [1.165, 1.54) is 0 Å². The number of carbonyl (C=O) groups excluding carboxylic acids is 1. The van der Waals surface area contributed by atoms with Crippen LogP contribution in [0.4, 0.5) is 10.5 Å². The van der Waals surface area contributed by atoms with Gasteiger partial charge in [-0.15, -0.1) is 18.3 Å². The molecule has 0 aromatic heterocycles. The van der Waals surface area contributed by atoms with Gasteiger partial charge in [-0.1, -0.05) is 25.1 Å². The minimum atomic E-state index is -0.156. The molecule has 0 unspecified atom stereocenters. The van der Waals surface area contributed by atoms with E-state index < -0.39 is 0 Å². The molecule has 0 saturated heterocycles. The van der Waals surface area contributed by atoms with Gasteiger partial charge in [0.25, 0.3) is 0 Å². The van der Waals surface area contributed by atoms with Gasteiger partial charge in [0.2, 0.25) is 0 Å². The number of carbonyl (C=O) groups is 1. The number of thioether (sulfide) groups is 1. The van der Waals surface area contributed by atoms with Gasteiger partial charge in [-0.2, -0.15) is 0 Å². The summed E-state index contributed by atoms with van der Waals surface area (Å²) in [4.78, 5) is 12.8. The molecule has 0 aliphatic rings. The summed E-state index contributed by atoms with van der Waals surface area (Å²) in [6.07, 6.45) is 2.76. The molecule has 2 amide bonds. The molecule has 1 atom stereocenters. The first-order valence-electron chi connectivity index (χ1n) is 6.07. The minimum Gasteiger partial charge on any atom is -0.335 e. The van der Waals surface area contributed by atoms with Crippen molar-refractivity contribution in [3.63, 3.8) is 0 Å². The van der Waals surface area contributed by atoms with Crippen LogP contribution >= 0.6 is 11.8 Å². The second kappa shape index (κ2) is 7.82. The number of urea groups is 1. The maximum Gasteiger partial charge on any atom is 0.319 e. The molecule has 0 aliphatic carbocycles. The van der Waals surface area contributed by atoms with Crippen molar-refractivity contribution in [2.75, 3.05) is 11.1 Å². The van der Waals surface area contributed by atoms with Crippen LogP contribution in [0.15, 0.2) is 41.8 Å². The molecule has 0 heterocycles. The van der Waals surface area contributed by atoms with Crippen molar-refractivity contribution in [2.45, 2.75) is 31.2 Å². The fourth-order valence-corrected chi connectivity index (χ4v) is 2.08. The van der Waals surface area contributed by atoms with Gasteiger partial charge in [-0.25, -0.2) is 4.79 Å². The zero-order valence-electron chi connectivity index (χ0n) is 10.9. The van der Waals surface area contributed by atoms with Crippen LogP contribution < -0.4 is 10.6 Å². The lowest BCUT2D eigenvalue weighted by Gasteiger charge is -2.14. The highest BCUT2D eigenvalue weighted by molar-refractivity contribution is 7.99. The van der Waals surface area contributed by atoms with Gasteiger partial charge in [-0.3, -0.25) is 0 Å².